The molecule has 2 heterocycles. The van der Waals surface area contributed by atoms with Gasteiger partial charge in [0.15, 0.2) is 0 Å². The standard InChI is InChI=1S/C25H19BrN6S/c26-21-13-11-18(12-14-21)15-32-16-22(28-31-32)17-33-25-27-23(19-7-3-1-4-8-19)24(29-30-25)20-9-5-2-6-10-20/h1-14,16H,15,17H2. The lowest BCUT2D eigenvalue weighted by Crippen LogP contribution is -2.00. The van der Waals surface area contributed by atoms with Gasteiger partial charge in [-0.25, -0.2) is 9.67 Å². The number of rotatable bonds is 7. The van der Waals surface area contributed by atoms with Crippen LogP contribution in [0, 0.1) is 0 Å². The highest BCUT2D eigenvalue weighted by molar-refractivity contribution is 9.10. The van der Waals surface area contributed by atoms with Crippen LogP contribution in [0.5, 0.6) is 0 Å². The second kappa shape index (κ2) is 10.1. The Hall–Kier alpha value is -3.36. The number of benzene rings is 3. The quantitative estimate of drug-likeness (QED) is 0.252. The summed E-state index contributed by atoms with van der Waals surface area (Å²) in [4.78, 5) is 4.85. The molecule has 162 valence electrons. The van der Waals surface area contributed by atoms with Crippen LogP contribution in [-0.4, -0.2) is 30.2 Å². The van der Waals surface area contributed by atoms with Crippen molar-refractivity contribution in [2.45, 2.75) is 17.5 Å². The number of hydrogen-bond acceptors (Lipinski definition) is 6. The molecule has 0 aliphatic carbocycles. The summed E-state index contributed by atoms with van der Waals surface area (Å²) in [5.74, 6) is 0.612. The number of thioether (sulfide) groups is 1. The molecule has 0 unspecified atom stereocenters. The molecule has 8 heteroatoms. The number of halogens is 1. The Kier molecular flexibility index (Phi) is 6.55. The molecule has 0 saturated carbocycles. The Bertz CT molecular complexity index is 1340. The van der Waals surface area contributed by atoms with Gasteiger partial charge in [-0.2, -0.15) is 0 Å². The van der Waals surface area contributed by atoms with Gasteiger partial charge in [-0.3, -0.25) is 0 Å². The van der Waals surface area contributed by atoms with Crippen LogP contribution < -0.4 is 0 Å². The van der Waals surface area contributed by atoms with Crippen molar-refractivity contribution in [2.24, 2.45) is 0 Å². The first-order chi connectivity index (χ1) is 16.2. The first-order valence-electron chi connectivity index (χ1n) is 10.4. The molecule has 0 amide bonds. The zero-order valence-electron chi connectivity index (χ0n) is 17.5. The SMILES string of the molecule is Brc1ccc(Cn2cc(CSc3nnc(-c4ccccc4)c(-c4ccccc4)n3)nn2)cc1. The minimum Gasteiger partial charge on any atom is -0.248 e. The molecule has 6 nitrogen and oxygen atoms in total. The Labute approximate surface area is 204 Å². The molecule has 0 aliphatic heterocycles. The van der Waals surface area contributed by atoms with Crippen molar-refractivity contribution >= 4 is 27.7 Å². The summed E-state index contributed by atoms with van der Waals surface area (Å²) in [7, 11) is 0. The second-order valence-electron chi connectivity index (χ2n) is 7.35. The molecule has 0 atom stereocenters. The molecule has 0 aliphatic rings. The van der Waals surface area contributed by atoms with E-state index in [1.165, 1.54) is 17.3 Å². The maximum atomic E-state index is 4.85. The molecular weight excluding hydrogens is 496 g/mol. The Morgan fingerprint density at radius 1 is 0.727 bits per heavy atom. The normalized spacial score (nSPS) is 10.9. The van der Waals surface area contributed by atoms with Crippen LogP contribution in [0.3, 0.4) is 0 Å². The van der Waals surface area contributed by atoms with E-state index in [0.717, 1.165) is 32.7 Å². The molecule has 2 aromatic heterocycles. The third-order valence-electron chi connectivity index (χ3n) is 4.95. The average Bonchev–Trinajstić information content (AvgIpc) is 3.32. The smallest absolute Gasteiger partial charge is 0.210 e. The zero-order valence-corrected chi connectivity index (χ0v) is 19.9. The van der Waals surface area contributed by atoms with Gasteiger partial charge in [0.25, 0.3) is 0 Å². The van der Waals surface area contributed by atoms with Crippen LogP contribution in [0.2, 0.25) is 0 Å². The Balaban J connectivity index is 1.34. The van der Waals surface area contributed by atoms with Crippen molar-refractivity contribution in [1.82, 2.24) is 30.2 Å². The van der Waals surface area contributed by atoms with Crippen molar-refractivity contribution in [1.29, 1.82) is 0 Å². The van der Waals surface area contributed by atoms with Crippen molar-refractivity contribution < 1.29 is 0 Å². The summed E-state index contributed by atoms with van der Waals surface area (Å²) < 4.78 is 2.90. The zero-order chi connectivity index (χ0) is 22.5. The van der Waals surface area contributed by atoms with Gasteiger partial charge in [0, 0.05) is 27.5 Å². The molecule has 0 saturated heterocycles. The summed E-state index contributed by atoms with van der Waals surface area (Å²) in [5.41, 5.74) is 5.62. The number of hydrogen-bond donors (Lipinski definition) is 0. The van der Waals surface area contributed by atoms with Gasteiger partial charge in [-0.15, -0.1) is 15.3 Å². The van der Waals surface area contributed by atoms with E-state index in [1.807, 2.05) is 83.7 Å². The molecule has 0 bridgehead atoms. The highest BCUT2D eigenvalue weighted by Crippen LogP contribution is 2.30. The fourth-order valence-electron chi connectivity index (χ4n) is 3.36. The molecule has 5 aromatic rings. The number of nitrogens with zero attached hydrogens (tertiary/aromatic N) is 6. The van der Waals surface area contributed by atoms with Crippen LogP contribution in [-0.2, 0) is 12.3 Å². The minimum absolute atomic E-state index is 0.607. The van der Waals surface area contributed by atoms with Gasteiger partial charge in [0.2, 0.25) is 5.16 Å². The van der Waals surface area contributed by atoms with E-state index in [0.29, 0.717) is 17.5 Å². The molecule has 5 rings (SSSR count). The van der Waals surface area contributed by atoms with Gasteiger partial charge in [-0.05, 0) is 17.7 Å². The van der Waals surface area contributed by atoms with Crippen molar-refractivity contribution in [3.63, 3.8) is 0 Å². The van der Waals surface area contributed by atoms with Crippen molar-refractivity contribution in [3.05, 3.63) is 107 Å². The van der Waals surface area contributed by atoms with Crippen LogP contribution in [0.4, 0.5) is 0 Å². The van der Waals surface area contributed by atoms with Crippen molar-refractivity contribution in [3.8, 4) is 22.5 Å². The first-order valence-corrected chi connectivity index (χ1v) is 12.1. The molecule has 33 heavy (non-hydrogen) atoms. The Morgan fingerprint density at radius 3 is 2.09 bits per heavy atom. The molecule has 0 spiro atoms. The lowest BCUT2D eigenvalue weighted by atomic mass is 10.0. The van der Waals surface area contributed by atoms with Gasteiger partial charge >= 0.3 is 0 Å². The topological polar surface area (TPSA) is 69.4 Å². The third kappa shape index (κ3) is 5.35. The lowest BCUT2D eigenvalue weighted by Gasteiger charge is -2.09. The minimum atomic E-state index is 0.607. The van der Waals surface area contributed by atoms with Crippen molar-refractivity contribution in [2.75, 3.05) is 0 Å². The van der Waals surface area contributed by atoms with Crippen LogP contribution >= 0.6 is 27.7 Å². The predicted molar refractivity (Wildman–Crippen MR) is 134 cm³/mol. The van der Waals surface area contributed by atoms with E-state index in [9.17, 15) is 0 Å². The van der Waals surface area contributed by atoms with Crippen LogP contribution in [0.1, 0.15) is 11.3 Å². The van der Waals surface area contributed by atoms with E-state index in [-0.39, 0.29) is 0 Å². The lowest BCUT2D eigenvalue weighted by molar-refractivity contribution is 0.649. The van der Waals surface area contributed by atoms with E-state index in [2.05, 4.69) is 48.6 Å². The van der Waals surface area contributed by atoms with Gasteiger partial charge in [0.05, 0.1) is 12.2 Å². The van der Waals surface area contributed by atoms with Crippen LogP contribution in [0.15, 0.2) is 101 Å². The summed E-state index contributed by atoms with van der Waals surface area (Å²) in [6, 6.07) is 28.3. The highest BCUT2D eigenvalue weighted by atomic mass is 79.9. The summed E-state index contributed by atoms with van der Waals surface area (Å²) in [6.07, 6.45) is 1.96. The third-order valence-corrected chi connectivity index (χ3v) is 6.35. The van der Waals surface area contributed by atoms with Gasteiger partial charge in [-0.1, -0.05) is 106 Å². The maximum absolute atomic E-state index is 4.85. The summed E-state index contributed by atoms with van der Waals surface area (Å²) in [5, 5.41) is 18.1. The predicted octanol–water partition coefficient (Wildman–Crippen LogP) is 5.90. The fourth-order valence-corrected chi connectivity index (χ4v) is 4.29. The van der Waals surface area contributed by atoms with E-state index in [1.54, 1.807) is 0 Å². The summed E-state index contributed by atoms with van der Waals surface area (Å²) in [6.45, 7) is 0.674. The molecule has 3 aromatic carbocycles. The van der Waals surface area contributed by atoms with E-state index < -0.39 is 0 Å². The summed E-state index contributed by atoms with van der Waals surface area (Å²) >= 11 is 4.96. The highest BCUT2D eigenvalue weighted by Gasteiger charge is 2.14. The molecule has 0 radical (unpaired) electrons. The largest absolute Gasteiger partial charge is 0.248 e. The molecule has 0 N–H and O–H groups in total. The second-order valence-corrected chi connectivity index (χ2v) is 9.20. The monoisotopic (exact) mass is 514 g/mol. The van der Waals surface area contributed by atoms with E-state index >= 15 is 0 Å². The maximum Gasteiger partial charge on any atom is 0.210 e. The number of aromatic nitrogens is 6. The molecular formula is C25H19BrN6S. The average molecular weight is 515 g/mol. The van der Waals surface area contributed by atoms with Gasteiger partial charge in [0.1, 0.15) is 11.4 Å². The van der Waals surface area contributed by atoms with E-state index in [4.69, 9.17) is 4.98 Å². The van der Waals surface area contributed by atoms with Crippen LogP contribution in [0.25, 0.3) is 22.5 Å². The Morgan fingerprint density at radius 2 is 1.39 bits per heavy atom. The molecule has 0 fully saturated rings. The fraction of sp³-hybridized carbons (Fsp3) is 0.0800. The van der Waals surface area contributed by atoms with Gasteiger partial charge < -0.3 is 0 Å². The first kappa shape index (κ1) is 21.5.